The van der Waals surface area contributed by atoms with Crippen molar-refractivity contribution in [3.63, 3.8) is 0 Å². The van der Waals surface area contributed by atoms with E-state index in [0.717, 1.165) is 29.0 Å². The summed E-state index contributed by atoms with van der Waals surface area (Å²) >= 11 is 0. The van der Waals surface area contributed by atoms with Gasteiger partial charge < -0.3 is 11.5 Å². The van der Waals surface area contributed by atoms with Gasteiger partial charge in [0.1, 0.15) is 11.6 Å². The van der Waals surface area contributed by atoms with Crippen LogP contribution in [0.1, 0.15) is 34.7 Å². The summed E-state index contributed by atoms with van der Waals surface area (Å²) in [6, 6.07) is 5.33. The van der Waals surface area contributed by atoms with Crippen LogP contribution in [0.25, 0.3) is 0 Å². The lowest BCUT2D eigenvalue weighted by Crippen LogP contribution is -2.24. The fraction of sp³-hybridized carbons (Fsp3) is 0.235. The molecule has 5 nitrogen and oxygen atoms in total. The predicted molar refractivity (Wildman–Crippen MR) is 88.7 cm³/mol. The van der Waals surface area contributed by atoms with Crippen LogP contribution in [0.15, 0.2) is 40.7 Å². The van der Waals surface area contributed by atoms with E-state index >= 15 is 0 Å². The Morgan fingerprint density at radius 2 is 2.00 bits per heavy atom. The first kappa shape index (κ1) is 16.0. The number of benzene rings is 1. The Labute approximate surface area is 138 Å². The molecular weight excluding hydrogens is 312 g/mol. The van der Waals surface area contributed by atoms with Gasteiger partial charge in [-0.1, -0.05) is 0 Å². The van der Waals surface area contributed by atoms with E-state index in [-0.39, 0.29) is 11.9 Å². The molecule has 2 aromatic rings. The van der Waals surface area contributed by atoms with Gasteiger partial charge in [0.05, 0.1) is 11.4 Å². The second-order valence-corrected chi connectivity index (χ2v) is 5.79. The van der Waals surface area contributed by atoms with Crippen molar-refractivity contribution in [1.82, 2.24) is 4.98 Å². The molecule has 0 bridgehead atoms. The number of nitrogens with two attached hydrogens (primary N) is 2. The number of rotatable bonds is 2. The zero-order valence-corrected chi connectivity index (χ0v) is 13.1. The lowest BCUT2D eigenvalue weighted by molar-refractivity contribution is 0.554. The topological polar surface area (TPSA) is 89.6 Å². The van der Waals surface area contributed by atoms with Crippen molar-refractivity contribution in [3.05, 3.63) is 64.5 Å². The maximum absolute atomic E-state index is 14.2. The van der Waals surface area contributed by atoms with Crippen LogP contribution in [0.4, 0.5) is 8.78 Å². The summed E-state index contributed by atoms with van der Waals surface area (Å²) in [6.07, 6.45) is 2.59. The molecule has 0 fully saturated rings. The van der Waals surface area contributed by atoms with Gasteiger partial charge in [0.2, 0.25) is 5.96 Å². The third-order valence-electron chi connectivity index (χ3n) is 4.09. The predicted octanol–water partition coefficient (Wildman–Crippen LogP) is 2.38. The van der Waals surface area contributed by atoms with Gasteiger partial charge in [-0.25, -0.2) is 8.78 Å². The van der Waals surface area contributed by atoms with Crippen molar-refractivity contribution in [2.45, 2.75) is 25.7 Å². The molecule has 0 saturated heterocycles. The molecule has 24 heavy (non-hydrogen) atoms. The summed E-state index contributed by atoms with van der Waals surface area (Å²) < 4.78 is 27.7. The van der Waals surface area contributed by atoms with E-state index in [1.807, 2.05) is 13.0 Å². The molecule has 0 amide bonds. The summed E-state index contributed by atoms with van der Waals surface area (Å²) in [6.45, 7) is 1.94. The van der Waals surface area contributed by atoms with E-state index in [4.69, 9.17) is 11.5 Å². The highest BCUT2D eigenvalue weighted by molar-refractivity contribution is 6.04. The van der Waals surface area contributed by atoms with Gasteiger partial charge >= 0.3 is 0 Å². The number of nitrogens with zero attached hydrogens (tertiary/aromatic N) is 3. The Hall–Kier alpha value is -2.83. The Bertz CT molecular complexity index is 841. The van der Waals surface area contributed by atoms with Crippen LogP contribution < -0.4 is 11.5 Å². The second kappa shape index (κ2) is 6.35. The Balaban J connectivity index is 2.10. The lowest BCUT2D eigenvalue weighted by Gasteiger charge is -2.26. The van der Waals surface area contributed by atoms with Gasteiger partial charge in [-0.3, -0.25) is 4.98 Å². The SMILES string of the molecule is Cc1ccnc2c1/C(=N\N=C(N)N)CC(c1cc(F)ccc1F)C2. The van der Waals surface area contributed by atoms with Crippen LogP contribution in [0.3, 0.4) is 0 Å². The monoisotopic (exact) mass is 329 g/mol. The molecule has 1 heterocycles. The molecular formula is C17H17F2N5. The van der Waals surface area contributed by atoms with Crippen molar-refractivity contribution in [2.75, 3.05) is 0 Å². The molecule has 1 aliphatic rings. The fourth-order valence-corrected chi connectivity index (χ4v) is 3.06. The van der Waals surface area contributed by atoms with Crippen molar-refractivity contribution in [3.8, 4) is 0 Å². The standard InChI is InChI=1S/C17H17F2N5/c1-9-4-5-22-14-6-10(12-8-11(18)2-3-13(12)19)7-15(16(9)14)23-24-17(20)21/h2-5,8,10H,6-7H2,1H3,(H4,20,21,24)/b23-15-. The van der Waals surface area contributed by atoms with Crippen molar-refractivity contribution in [1.29, 1.82) is 0 Å². The van der Waals surface area contributed by atoms with Gasteiger partial charge in [0, 0.05) is 11.8 Å². The minimum atomic E-state index is -0.475. The quantitative estimate of drug-likeness (QED) is 0.503. The maximum Gasteiger partial charge on any atom is 0.211 e. The minimum Gasteiger partial charge on any atom is -0.369 e. The summed E-state index contributed by atoms with van der Waals surface area (Å²) in [7, 11) is 0. The van der Waals surface area contributed by atoms with Gasteiger partial charge in [-0.05, 0) is 61.1 Å². The van der Waals surface area contributed by atoms with E-state index in [9.17, 15) is 8.78 Å². The molecule has 124 valence electrons. The van der Waals surface area contributed by atoms with Crippen LogP contribution in [0.5, 0.6) is 0 Å². The number of pyridine rings is 1. The van der Waals surface area contributed by atoms with Gasteiger partial charge in [0.25, 0.3) is 0 Å². The van der Waals surface area contributed by atoms with Crippen molar-refractivity contribution >= 4 is 11.7 Å². The van der Waals surface area contributed by atoms with Crippen LogP contribution in [0, 0.1) is 18.6 Å². The van der Waals surface area contributed by atoms with Crippen molar-refractivity contribution in [2.24, 2.45) is 21.7 Å². The maximum atomic E-state index is 14.2. The number of fused-ring (bicyclic) bond motifs is 1. The van der Waals surface area contributed by atoms with Gasteiger partial charge in [0.15, 0.2) is 0 Å². The highest BCUT2D eigenvalue weighted by Gasteiger charge is 2.29. The zero-order chi connectivity index (χ0) is 17.3. The number of aromatic nitrogens is 1. The average molecular weight is 329 g/mol. The molecule has 0 spiro atoms. The smallest absolute Gasteiger partial charge is 0.211 e. The largest absolute Gasteiger partial charge is 0.369 e. The summed E-state index contributed by atoms with van der Waals surface area (Å²) in [5.74, 6) is -1.36. The highest BCUT2D eigenvalue weighted by Crippen LogP contribution is 2.35. The first-order chi connectivity index (χ1) is 11.5. The van der Waals surface area contributed by atoms with Crippen molar-refractivity contribution < 1.29 is 8.78 Å². The zero-order valence-electron chi connectivity index (χ0n) is 13.1. The molecule has 4 N–H and O–H groups in total. The first-order valence-corrected chi connectivity index (χ1v) is 7.51. The molecule has 0 saturated carbocycles. The van der Waals surface area contributed by atoms with E-state index in [1.165, 1.54) is 6.07 Å². The minimum absolute atomic E-state index is 0.162. The molecule has 1 atom stereocenters. The molecule has 1 aliphatic carbocycles. The number of guanidine groups is 1. The first-order valence-electron chi connectivity index (χ1n) is 7.51. The summed E-state index contributed by atoms with van der Waals surface area (Å²) in [4.78, 5) is 4.38. The second-order valence-electron chi connectivity index (χ2n) is 5.79. The number of halogens is 2. The molecule has 0 radical (unpaired) electrons. The lowest BCUT2D eigenvalue weighted by atomic mass is 9.80. The molecule has 1 unspecified atom stereocenters. The summed E-state index contributed by atoms with van der Waals surface area (Å²) in [5.41, 5.74) is 14.3. The third-order valence-corrected chi connectivity index (χ3v) is 4.09. The molecule has 1 aromatic carbocycles. The van der Waals surface area contributed by atoms with Crippen LogP contribution in [0.2, 0.25) is 0 Å². The van der Waals surface area contributed by atoms with Gasteiger partial charge in [-0.15, -0.1) is 5.10 Å². The number of hydrogen-bond donors (Lipinski definition) is 2. The Kier molecular flexibility index (Phi) is 4.24. The number of aryl methyl sites for hydroxylation is 1. The summed E-state index contributed by atoms with van der Waals surface area (Å²) in [5, 5.41) is 7.83. The fourth-order valence-electron chi connectivity index (χ4n) is 3.06. The number of hydrogen-bond acceptors (Lipinski definition) is 3. The highest BCUT2D eigenvalue weighted by atomic mass is 19.1. The van der Waals surface area contributed by atoms with Crippen LogP contribution >= 0.6 is 0 Å². The van der Waals surface area contributed by atoms with Crippen LogP contribution in [-0.4, -0.2) is 16.7 Å². The molecule has 0 aliphatic heterocycles. The van der Waals surface area contributed by atoms with E-state index < -0.39 is 11.6 Å². The Morgan fingerprint density at radius 1 is 1.21 bits per heavy atom. The molecule has 7 heteroatoms. The van der Waals surface area contributed by atoms with Crippen LogP contribution in [-0.2, 0) is 6.42 Å². The van der Waals surface area contributed by atoms with E-state index in [1.54, 1.807) is 6.20 Å². The molecule has 3 rings (SSSR count). The third kappa shape index (κ3) is 3.10. The van der Waals surface area contributed by atoms with Gasteiger partial charge in [-0.2, -0.15) is 5.10 Å². The Morgan fingerprint density at radius 3 is 2.75 bits per heavy atom. The average Bonchev–Trinajstić information content (AvgIpc) is 2.54. The van der Waals surface area contributed by atoms with E-state index in [0.29, 0.717) is 24.1 Å². The molecule has 1 aromatic heterocycles. The van der Waals surface area contributed by atoms with E-state index in [2.05, 4.69) is 15.2 Å². The normalized spacial score (nSPS) is 18.3.